The second-order valence-electron chi connectivity index (χ2n) is 2.87. The molecule has 0 aromatic heterocycles. The maximum absolute atomic E-state index is 13.1. The Balaban J connectivity index is 2.48. The minimum Gasteiger partial charge on any atom is -0.490 e. The Morgan fingerprint density at radius 3 is 2.81 bits per heavy atom. The molecular formula is C11H11ClFNO2. The number of nitrogens with zero attached hydrogens (tertiary/aromatic N) is 1. The largest absolute Gasteiger partial charge is 0.490 e. The first-order chi connectivity index (χ1) is 7.79. The van der Waals surface area contributed by atoms with Gasteiger partial charge in [-0.1, -0.05) is 6.07 Å². The van der Waals surface area contributed by atoms with Crippen molar-refractivity contribution in [3.8, 4) is 11.8 Å². The van der Waals surface area contributed by atoms with E-state index in [1.807, 2.05) is 0 Å². The van der Waals surface area contributed by atoms with Crippen molar-refractivity contribution in [3.63, 3.8) is 0 Å². The molecule has 0 bridgehead atoms. The Labute approximate surface area is 98.3 Å². The number of nitriles is 1. The molecule has 0 heterocycles. The predicted molar refractivity (Wildman–Crippen MR) is 58.1 cm³/mol. The van der Waals surface area contributed by atoms with E-state index in [1.165, 1.54) is 12.1 Å². The minimum absolute atomic E-state index is 0.0835. The van der Waals surface area contributed by atoms with E-state index in [4.69, 9.17) is 26.3 Å². The predicted octanol–water partition coefficient (Wildman–Crippen LogP) is 2.33. The average Bonchev–Trinajstić information content (AvgIpc) is 2.29. The molecule has 0 aliphatic heterocycles. The normalized spacial score (nSPS) is 9.81. The molecule has 0 unspecified atom stereocenters. The van der Waals surface area contributed by atoms with E-state index in [1.54, 1.807) is 12.1 Å². The summed E-state index contributed by atoms with van der Waals surface area (Å²) in [7, 11) is 0. The molecule has 0 N–H and O–H groups in total. The second-order valence-corrected chi connectivity index (χ2v) is 3.25. The summed E-state index contributed by atoms with van der Waals surface area (Å²) in [5, 5.41) is 8.72. The van der Waals surface area contributed by atoms with Crippen LogP contribution in [0.25, 0.3) is 0 Å². The first-order valence-electron chi connectivity index (χ1n) is 4.74. The highest BCUT2D eigenvalue weighted by molar-refractivity contribution is 6.17. The molecule has 5 heteroatoms. The lowest BCUT2D eigenvalue weighted by atomic mass is 10.2. The molecule has 0 fully saturated rings. The molecule has 3 nitrogen and oxygen atoms in total. The van der Waals surface area contributed by atoms with E-state index < -0.39 is 5.82 Å². The van der Waals surface area contributed by atoms with Crippen LogP contribution in [-0.2, 0) is 4.74 Å². The van der Waals surface area contributed by atoms with E-state index in [0.29, 0.717) is 19.1 Å². The molecule has 0 saturated heterocycles. The van der Waals surface area contributed by atoms with Crippen LogP contribution in [0.3, 0.4) is 0 Å². The molecule has 1 rings (SSSR count). The van der Waals surface area contributed by atoms with Gasteiger partial charge in [-0.15, -0.1) is 11.6 Å². The summed E-state index contributed by atoms with van der Waals surface area (Å²) in [5.41, 5.74) is -0.0835. The molecule has 0 saturated carbocycles. The first kappa shape index (κ1) is 12.8. The third-order valence-electron chi connectivity index (χ3n) is 1.79. The van der Waals surface area contributed by atoms with Crippen molar-refractivity contribution in [1.82, 2.24) is 0 Å². The molecule has 16 heavy (non-hydrogen) atoms. The van der Waals surface area contributed by atoms with Crippen LogP contribution in [0, 0.1) is 17.1 Å². The SMILES string of the molecule is N#Cc1c(F)cccc1OCCOCCCl. The smallest absolute Gasteiger partial charge is 0.144 e. The molecule has 0 aliphatic rings. The van der Waals surface area contributed by atoms with E-state index in [0.717, 1.165) is 0 Å². The number of hydrogen-bond acceptors (Lipinski definition) is 3. The maximum Gasteiger partial charge on any atom is 0.144 e. The van der Waals surface area contributed by atoms with Gasteiger partial charge in [-0.25, -0.2) is 4.39 Å². The maximum atomic E-state index is 13.1. The fourth-order valence-corrected chi connectivity index (χ4v) is 1.21. The summed E-state index contributed by atoms with van der Waals surface area (Å²) in [5.74, 6) is 0.0716. The van der Waals surface area contributed by atoms with E-state index in [9.17, 15) is 4.39 Å². The Morgan fingerprint density at radius 2 is 2.12 bits per heavy atom. The zero-order chi connectivity index (χ0) is 11.8. The monoisotopic (exact) mass is 243 g/mol. The second kappa shape index (κ2) is 7.04. The summed E-state index contributed by atoms with van der Waals surface area (Å²) >= 11 is 5.41. The summed E-state index contributed by atoms with van der Waals surface area (Å²) < 4.78 is 23.4. The number of halogens is 2. The topological polar surface area (TPSA) is 42.2 Å². The van der Waals surface area contributed by atoms with Gasteiger partial charge in [0, 0.05) is 5.88 Å². The lowest BCUT2D eigenvalue weighted by Crippen LogP contribution is -2.09. The molecule has 1 aromatic carbocycles. The molecule has 86 valence electrons. The average molecular weight is 244 g/mol. The van der Waals surface area contributed by atoms with Crippen LogP contribution in [0.1, 0.15) is 5.56 Å². The highest BCUT2D eigenvalue weighted by Gasteiger charge is 2.08. The minimum atomic E-state index is -0.582. The third kappa shape index (κ3) is 3.69. The molecule has 0 spiro atoms. The Hall–Kier alpha value is -1.31. The van der Waals surface area contributed by atoms with Crippen molar-refractivity contribution in [1.29, 1.82) is 5.26 Å². The number of hydrogen-bond donors (Lipinski definition) is 0. The van der Waals surface area contributed by atoms with Gasteiger partial charge in [0.15, 0.2) is 0 Å². The van der Waals surface area contributed by atoms with Gasteiger partial charge in [0.1, 0.15) is 29.8 Å². The van der Waals surface area contributed by atoms with Crippen molar-refractivity contribution >= 4 is 11.6 Å². The van der Waals surface area contributed by atoms with Gasteiger partial charge in [0.05, 0.1) is 13.2 Å². The van der Waals surface area contributed by atoms with Crippen LogP contribution >= 0.6 is 11.6 Å². The van der Waals surface area contributed by atoms with Crippen molar-refractivity contribution < 1.29 is 13.9 Å². The standard InChI is InChI=1S/C11H11ClFNO2/c12-4-5-15-6-7-16-11-3-1-2-10(13)9(11)8-14/h1-3H,4-7H2. The van der Waals surface area contributed by atoms with Gasteiger partial charge in [-0.05, 0) is 12.1 Å². The van der Waals surface area contributed by atoms with Crippen LogP contribution in [0.15, 0.2) is 18.2 Å². The fourth-order valence-electron chi connectivity index (χ4n) is 1.10. The zero-order valence-electron chi connectivity index (χ0n) is 8.58. The molecular weight excluding hydrogens is 233 g/mol. The van der Waals surface area contributed by atoms with Gasteiger partial charge < -0.3 is 9.47 Å². The van der Waals surface area contributed by atoms with Crippen LogP contribution in [0.2, 0.25) is 0 Å². The number of alkyl halides is 1. The Bertz CT molecular complexity index is 379. The lowest BCUT2D eigenvalue weighted by Gasteiger charge is -2.08. The third-order valence-corrected chi connectivity index (χ3v) is 1.95. The molecule has 0 amide bonds. The van der Waals surface area contributed by atoms with Gasteiger partial charge >= 0.3 is 0 Å². The number of rotatable bonds is 6. The Morgan fingerprint density at radius 1 is 1.31 bits per heavy atom. The summed E-state index contributed by atoms with van der Waals surface area (Å²) in [6.07, 6.45) is 0. The van der Waals surface area contributed by atoms with Crippen LogP contribution in [0.5, 0.6) is 5.75 Å². The van der Waals surface area contributed by atoms with Crippen molar-refractivity contribution in [2.45, 2.75) is 0 Å². The van der Waals surface area contributed by atoms with Crippen molar-refractivity contribution in [3.05, 3.63) is 29.6 Å². The summed E-state index contributed by atoms with van der Waals surface area (Å²) in [6, 6.07) is 6.01. The quantitative estimate of drug-likeness (QED) is 0.569. The van der Waals surface area contributed by atoms with Crippen LogP contribution < -0.4 is 4.74 Å². The van der Waals surface area contributed by atoms with Gasteiger partial charge in [-0.3, -0.25) is 0 Å². The zero-order valence-corrected chi connectivity index (χ0v) is 9.34. The lowest BCUT2D eigenvalue weighted by molar-refractivity contribution is 0.111. The highest BCUT2D eigenvalue weighted by atomic mass is 35.5. The van der Waals surface area contributed by atoms with Gasteiger partial charge in [0.2, 0.25) is 0 Å². The Kier molecular flexibility index (Phi) is 5.62. The highest BCUT2D eigenvalue weighted by Crippen LogP contribution is 2.19. The molecule has 0 aliphatic carbocycles. The number of benzene rings is 1. The van der Waals surface area contributed by atoms with E-state index >= 15 is 0 Å². The van der Waals surface area contributed by atoms with Crippen molar-refractivity contribution in [2.24, 2.45) is 0 Å². The van der Waals surface area contributed by atoms with Crippen LogP contribution in [-0.4, -0.2) is 25.7 Å². The summed E-state index contributed by atoms with van der Waals surface area (Å²) in [6.45, 7) is 1.06. The summed E-state index contributed by atoms with van der Waals surface area (Å²) in [4.78, 5) is 0. The van der Waals surface area contributed by atoms with E-state index in [-0.39, 0.29) is 17.9 Å². The molecule has 0 radical (unpaired) electrons. The fraction of sp³-hybridized carbons (Fsp3) is 0.364. The van der Waals surface area contributed by atoms with Crippen LogP contribution in [0.4, 0.5) is 4.39 Å². The van der Waals surface area contributed by atoms with E-state index in [2.05, 4.69) is 0 Å². The molecule has 0 atom stereocenters. The van der Waals surface area contributed by atoms with Gasteiger partial charge in [-0.2, -0.15) is 5.26 Å². The number of ether oxygens (including phenoxy) is 2. The van der Waals surface area contributed by atoms with Crippen molar-refractivity contribution in [2.75, 3.05) is 25.7 Å². The van der Waals surface area contributed by atoms with Gasteiger partial charge in [0.25, 0.3) is 0 Å². The molecule has 1 aromatic rings. The first-order valence-corrected chi connectivity index (χ1v) is 5.28.